The largest absolute Gasteiger partial charge is 0.494 e. The van der Waals surface area contributed by atoms with Crippen LogP contribution in [0.3, 0.4) is 0 Å². The minimum Gasteiger partial charge on any atom is -0.494 e. The molecular weight excluding hydrogens is 238 g/mol. The van der Waals surface area contributed by atoms with Gasteiger partial charge in [0, 0.05) is 12.3 Å². The summed E-state index contributed by atoms with van der Waals surface area (Å²) in [5.41, 5.74) is 8.28. The van der Waals surface area contributed by atoms with Crippen molar-refractivity contribution in [3.05, 3.63) is 53.5 Å². The van der Waals surface area contributed by atoms with Crippen LogP contribution in [-0.4, -0.2) is 13.2 Å². The molecule has 19 heavy (non-hydrogen) atoms. The van der Waals surface area contributed by atoms with Gasteiger partial charge < -0.3 is 14.9 Å². The molecule has 0 saturated carbocycles. The van der Waals surface area contributed by atoms with Crippen LogP contribution in [0.25, 0.3) is 0 Å². The predicted molar refractivity (Wildman–Crippen MR) is 76.6 cm³/mol. The average molecular weight is 259 g/mol. The fourth-order valence-corrected chi connectivity index (χ4v) is 2.25. The van der Waals surface area contributed by atoms with Crippen LogP contribution in [-0.2, 0) is 6.42 Å². The molecule has 2 N–H and O–H groups in total. The van der Waals surface area contributed by atoms with Crippen molar-refractivity contribution in [3.63, 3.8) is 0 Å². The third-order valence-corrected chi connectivity index (χ3v) is 3.28. The molecule has 1 aromatic carbocycles. The van der Waals surface area contributed by atoms with E-state index in [1.165, 1.54) is 5.56 Å². The predicted octanol–water partition coefficient (Wildman–Crippen LogP) is 3.27. The van der Waals surface area contributed by atoms with E-state index in [2.05, 4.69) is 19.1 Å². The Hall–Kier alpha value is -1.74. The van der Waals surface area contributed by atoms with E-state index in [4.69, 9.17) is 14.9 Å². The lowest BCUT2D eigenvalue weighted by molar-refractivity contribution is 0.337. The number of furan rings is 1. The molecule has 3 heteroatoms. The van der Waals surface area contributed by atoms with E-state index >= 15 is 0 Å². The van der Waals surface area contributed by atoms with Gasteiger partial charge in [-0.05, 0) is 49.7 Å². The summed E-state index contributed by atoms with van der Waals surface area (Å²) in [7, 11) is 0. The van der Waals surface area contributed by atoms with Crippen LogP contribution in [0.4, 0.5) is 0 Å². The molecule has 0 spiro atoms. The maximum Gasteiger partial charge on any atom is 0.122 e. The van der Waals surface area contributed by atoms with Gasteiger partial charge in [-0.25, -0.2) is 0 Å². The molecule has 0 aliphatic rings. The van der Waals surface area contributed by atoms with E-state index in [9.17, 15) is 0 Å². The molecule has 1 unspecified atom stereocenters. The Morgan fingerprint density at radius 1 is 1.32 bits per heavy atom. The standard InChI is InChI=1S/C16H21NO2/c1-3-18-16-7-6-13(9-12(16)2)14(11-17)10-15-5-4-8-19-15/h4-9,14H,3,10-11,17H2,1-2H3. The Balaban J connectivity index is 2.16. The number of rotatable bonds is 6. The topological polar surface area (TPSA) is 48.4 Å². The Morgan fingerprint density at radius 2 is 2.16 bits per heavy atom. The Bertz CT molecular complexity index is 505. The summed E-state index contributed by atoms with van der Waals surface area (Å²) in [4.78, 5) is 0. The van der Waals surface area contributed by atoms with E-state index < -0.39 is 0 Å². The second-order valence-electron chi connectivity index (χ2n) is 4.67. The van der Waals surface area contributed by atoms with Crippen molar-refractivity contribution >= 4 is 0 Å². The molecular formula is C16H21NO2. The first-order valence-corrected chi connectivity index (χ1v) is 6.70. The summed E-state index contributed by atoms with van der Waals surface area (Å²) in [5, 5.41) is 0. The monoisotopic (exact) mass is 259 g/mol. The first kappa shape index (κ1) is 13.7. The van der Waals surface area contributed by atoms with Crippen LogP contribution in [0, 0.1) is 6.92 Å². The molecule has 0 aliphatic heterocycles. The van der Waals surface area contributed by atoms with E-state index in [1.54, 1.807) is 6.26 Å². The van der Waals surface area contributed by atoms with Crippen molar-refractivity contribution in [1.82, 2.24) is 0 Å². The van der Waals surface area contributed by atoms with Gasteiger partial charge in [0.25, 0.3) is 0 Å². The SMILES string of the molecule is CCOc1ccc(C(CN)Cc2ccco2)cc1C. The van der Waals surface area contributed by atoms with Crippen molar-refractivity contribution in [1.29, 1.82) is 0 Å². The third kappa shape index (κ3) is 3.38. The summed E-state index contributed by atoms with van der Waals surface area (Å²) in [6, 6.07) is 10.2. The number of aryl methyl sites for hydroxylation is 1. The van der Waals surface area contributed by atoms with Gasteiger partial charge in [-0.2, -0.15) is 0 Å². The van der Waals surface area contributed by atoms with Crippen molar-refractivity contribution in [2.24, 2.45) is 5.73 Å². The third-order valence-electron chi connectivity index (χ3n) is 3.28. The van der Waals surface area contributed by atoms with E-state index in [0.29, 0.717) is 13.2 Å². The van der Waals surface area contributed by atoms with Crippen molar-refractivity contribution in [3.8, 4) is 5.75 Å². The highest BCUT2D eigenvalue weighted by atomic mass is 16.5. The molecule has 0 saturated heterocycles. The Morgan fingerprint density at radius 3 is 2.74 bits per heavy atom. The minimum absolute atomic E-state index is 0.278. The fourth-order valence-electron chi connectivity index (χ4n) is 2.25. The molecule has 0 radical (unpaired) electrons. The van der Waals surface area contributed by atoms with E-state index in [0.717, 1.165) is 23.5 Å². The van der Waals surface area contributed by atoms with Gasteiger partial charge >= 0.3 is 0 Å². The molecule has 0 aliphatic carbocycles. The molecule has 1 aromatic heterocycles. The smallest absolute Gasteiger partial charge is 0.122 e. The number of benzene rings is 1. The molecule has 2 rings (SSSR count). The van der Waals surface area contributed by atoms with Crippen LogP contribution in [0.1, 0.15) is 29.7 Å². The molecule has 0 amide bonds. The molecule has 3 nitrogen and oxygen atoms in total. The van der Waals surface area contributed by atoms with E-state index in [-0.39, 0.29) is 5.92 Å². The van der Waals surface area contributed by atoms with Crippen LogP contribution in [0.15, 0.2) is 41.0 Å². The Kier molecular flexibility index (Phi) is 4.63. The zero-order valence-electron chi connectivity index (χ0n) is 11.6. The van der Waals surface area contributed by atoms with Crippen LogP contribution >= 0.6 is 0 Å². The summed E-state index contributed by atoms with van der Waals surface area (Å²) in [5.74, 6) is 2.20. The summed E-state index contributed by atoms with van der Waals surface area (Å²) < 4.78 is 11.0. The highest BCUT2D eigenvalue weighted by Gasteiger charge is 2.13. The summed E-state index contributed by atoms with van der Waals surface area (Å²) in [6.07, 6.45) is 2.53. The van der Waals surface area contributed by atoms with Gasteiger partial charge in [0.15, 0.2) is 0 Å². The zero-order valence-corrected chi connectivity index (χ0v) is 11.6. The summed E-state index contributed by atoms with van der Waals surface area (Å²) in [6.45, 7) is 5.35. The lowest BCUT2D eigenvalue weighted by atomic mass is 9.93. The quantitative estimate of drug-likeness (QED) is 0.866. The molecule has 2 aromatic rings. The van der Waals surface area contributed by atoms with Crippen molar-refractivity contribution in [2.45, 2.75) is 26.2 Å². The molecule has 1 atom stereocenters. The molecule has 102 valence electrons. The Labute approximate surface area is 114 Å². The van der Waals surface area contributed by atoms with Gasteiger partial charge in [-0.1, -0.05) is 12.1 Å². The number of ether oxygens (including phenoxy) is 1. The lowest BCUT2D eigenvalue weighted by Gasteiger charge is -2.16. The highest BCUT2D eigenvalue weighted by molar-refractivity contribution is 5.38. The van der Waals surface area contributed by atoms with Gasteiger partial charge in [0.05, 0.1) is 12.9 Å². The lowest BCUT2D eigenvalue weighted by Crippen LogP contribution is -2.15. The summed E-state index contributed by atoms with van der Waals surface area (Å²) >= 11 is 0. The molecule has 0 bridgehead atoms. The molecule has 1 heterocycles. The zero-order chi connectivity index (χ0) is 13.7. The molecule has 0 fully saturated rings. The highest BCUT2D eigenvalue weighted by Crippen LogP contribution is 2.26. The first-order chi connectivity index (χ1) is 9.24. The average Bonchev–Trinajstić information content (AvgIpc) is 2.91. The van der Waals surface area contributed by atoms with Gasteiger partial charge in [-0.3, -0.25) is 0 Å². The number of hydrogen-bond donors (Lipinski definition) is 1. The minimum atomic E-state index is 0.278. The van der Waals surface area contributed by atoms with Crippen LogP contribution < -0.4 is 10.5 Å². The van der Waals surface area contributed by atoms with Crippen LogP contribution in [0.5, 0.6) is 5.75 Å². The number of nitrogens with two attached hydrogens (primary N) is 1. The van der Waals surface area contributed by atoms with E-state index in [1.807, 2.05) is 25.1 Å². The maximum absolute atomic E-state index is 5.90. The fraction of sp³-hybridized carbons (Fsp3) is 0.375. The first-order valence-electron chi connectivity index (χ1n) is 6.70. The van der Waals surface area contributed by atoms with Gasteiger partial charge in [0.1, 0.15) is 11.5 Å². The van der Waals surface area contributed by atoms with Crippen molar-refractivity contribution < 1.29 is 9.15 Å². The van der Waals surface area contributed by atoms with Crippen LogP contribution in [0.2, 0.25) is 0 Å². The van der Waals surface area contributed by atoms with Gasteiger partial charge in [-0.15, -0.1) is 0 Å². The maximum atomic E-state index is 5.90. The van der Waals surface area contributed by atoms with Gasteiger partial charge in [0.2, 0.25) is 0 Å². The second-order valence-corrected chi connectivity index (χ2v) is 4.67. The number of hydrogen-bond acceptors (Lipinski definition) is 3. The normalized spacial score (nSPS) is 12.4. The van der Waals surface area contributed by atoms with Crippen molar-refractivity contribution in [2.75, 3.05) is 13.2 Å². The second kappa shape index (κ2) is 6.43.